The highest BCUT2D eigenvalue weighted by Gasteiger charge is 2.16. The Morgan fingerprint density at radius 3 is 2.41 bits per heavy atom. The molecule has 3 nitrogen and oxygen atoms in total. The third kappa shape index (κ3) is 4.09. The summed E-state index contributed by atoms with van der Waals surface area (Å²) in [6.45, 7) is 4.16. The molecule has 2 rings (SSSR count). The number of hydrogen-bond donors (Lipinski definition) is 2. The van der Waals surface area contributed by atoms with Gasteiger partial charge in [0, 0.05) is 23.5 Å². The van der Waals surface area contributed by atoms with Crippen molar-refractivity contribution >= 4 is 17.5 Å². The lowest BCUT2D eigenvalue weighted by molar-refractivity contribution is -0.125. The molecule has 0 aliphatic heterocycles. The van der Waals surface area contributed by atoms with Crippen LogP contribution in [0.4, 0.5) is 0 Å². The summed E-state index contributed by atoms with van der Waals surface area (Å²) < 4.78 is 0. The van der Waals surface area contributed by atoms with Crippen molar-refractivity contribution in [2.75, 3.05) is 0 Å². The minimum atomic E-state index is -0.206. The van der Waals surface area contributed by atoms with Crippen molar-refractivity contribution in [2.45, 2.75) is 26.4 Å². The predicted octanol–water partition coefficient (Wildman–Crippen LogP) is 3.61. The smallest absolute Gasteiger partial charge is 0.224 e. The van der Waals surface area contributed by atoms with Crippen molar-refractivity contribution in [3.05, 3.63) is 59.1 Å². The van der Waals surface area contributed by atoms with E-state index in [9.17, 15) is 4.79 Å². The van der Waals surface area contributed by atoms with Gasteiger partial charge in [-0.15, -0.1) is 0 Å². The van der Waals surface area contributed by atoms with Gasteiger partial charge in [0.25, 0.3) is 0 Å². The molecule has 2 aromatic rings. The highest BCUT2D eigenvalue weighted by atomic mass is 35.5. The van der Waals surface area contributed by atoms with Gasteiger partial charge < -0.3 is 11.1 Å². The fraction of sp³-hybridized carbons (Fsp3) is 0.278. The quantitative estimate of drug-likeness (QED) is 0.885. The second-order valence-corrected chi connectivity index (χ2v) is 5.97. The molecule has 4 heteroatoms. The van der Waals surface area contributed by atoms with Crippen LogP contribution in [0, 0.1) is 5.92 Å². The van der Waals surface area contributed by atoms with Gasteiger partial charge in [-0.1, -0.05) is 54.9 Å². The Morgan fingerprint density at radius 2 is 1.77 bits per heavy atom. The topological polar surface area (TPSA) is 55.1 Å². The van der Waals surface area contributed by atoms with Gasteiger partial charge in [-0.25, -0.2) is 0 Å². The first-order valence-electron chi connectivity index (χ1n) is 7.36. The van der Waals surface area contributed by atoms with E-state index >= 15 is 0 Å². The van der Waals surface area contributed by atoms with E-state index in [0.717, 1.165) is 16.7 Å². The summed E-state index contributed by atoms with van der Waals surface area (Å²) in [6.07, 6.45) is 0. The van der Waals surface area contributed by atoms with Crippen molar-refractivity contribution in [1.29, 1.82) is 0 Å². The summed E-state index contributed by atoms with van der Waals surface area (Å²) in [5.74, 6) is -0.233. The molecule has 0 bridgehead atoms. The van der Waals surface area contributed by atoms with Gasteiger partial charge in [0.15, 0.2) is 0 Å². The molecule has 0 heterocycles. The second-order valence-electron chi connectivity index (χ2n) is 5.53. The number of amides is 1. The minimum Gasteiger partial charge on any atom is -0.352 e. The van der Waals surface area contributed by atoms with Crippen LogP contribution in [0.2, 0.25) is 5.02 Å². The predicted molar refractivity (Wildman–Crippen MR) is 91.5 cm³/mol. The summed E-state index contributed by atoms with van der Waals surface area (Å²) in [7, 11) is 0. The van der Waals surface area contributed by atoms with Crippen LogP contribution in [0.25, 0.3) is 11.1 Å². The molecule has 0 spiro atoms. The number of hydrogen-bond acceptors (Lipinski definition) is 2. The number of nitrogens with one attached hydrogen (secondary N) is 1. The zero-order valence-electron chi connectivity index (χ0n) is 12.8. The first-order valence-corrected chi connectivity index (χ1v) is 7.74. The highest BCUT2D eigenvalue weighted by molar-refractivity contribution is 6.30. The first-order chi connectivity index (χ1) is 10.5. The Hall–Kier alpha value is -1.84. The van der Waals surface area contributed by atoms with Gasteiger partial charge in [0.05, 0.1) is 0 Å². The molecule has 1 amide bonds. The van der Waals surface area contributed by atoms with Gasteiger partial charge in [-0.3, -0.25) is 4.79 Å². The Balaban J connectivity index is 2.15. The van der Waals surface area contributed by atoms with E-state index in [4.69, 9.17) is 17.3 Å². The van der Waals surface area contributed by atoms with E-state index in [1.165, 1.54) is 0 Å². The number of rotatable bonds is 5. The number of halogens is 1. The summed E-state index contributed by atoms with van der Waals surface area (Å²) in [4.78, 5) is 12.0. The van der Waals surface area contributed by atoms with Gasteiger partial charge >= 0.3 is 0 Å². The van der Waals surface area contributed by atoms with Crippen LogP contribution in [-0.4, -0.2) is 11.9 Å². The molecule has 2 aromatic carbocycles. The third-order valence-corrected chi connectivity index (χ3v) is 4.08. The Labute approximate surface area is 136 Å². The first kappa shape index (κ1) is 16.5. The molecular formula is C18H21ClN2O. The fourth-order valence-corrected chi connectivity index (χ4v) is 2.29. The van der Waals surface area contributed by atoms with E-state index in [-0.39, 0.29) is 17.9 Å². The number of carbonyl (C=O) groups excluding carboxylic acids is 1. The third-order valence-electron chi connectivity index (χ3n) is 3.83. The number of nitrogens with two attached hydrogens (primary N) is 1. The molecule has 0 aliphatic carbocycles. The van der Waals surface area contributed by atoms with E-state index < -0.39 is 0 Å². The van der Waals surface area contributed by atoms with Crippen LogP contribution in [0.3, 0.4) is 0 Å². The number of benzene rings is 2. The van der Waals surface area contributed by atoms with Crippen molar-refractivity contribution in [2.24, 2.45) is 11.7 Å². The average Bonchev–Trinajstić information content (AvgIpc) is 2.53. The molecule has 116 valence electrons. The van der Waals surface area contributed by atoms with E-state index in [1.54, 1.807) is 0 Å². The molecule has 3 N–H and O–H groups in total. The van der Waals surface area contributed by atoms with E-state index in [0.29, 0.717) is 11.6 Å². The van der Waals surface area contributed by atoms with E-state index in [1.807, 2.05) is 62.4 Å². The molecule has 0 radical (unpaired) electrons. The van der Waals surface area contributed by atoms with Crippen LogP contribution >= 0.6 is 11.6 Å². The molecule has 0 aliphatic rings. The van der Waals surface area contributed by atoms with Gasteiger partial charge in [0.2, 0.25) is 5.91 Å². The van der Waals surface area contributed by atoms with Gasteiger partial charge in [0.1, 0.15) is 0 Å². The summed E-state index contributed by atoms with van der Waals surface area (Å²) in [6, 6.07) is 15.5. The van der Waals surface area contributed by atoms with Crippen molar-refractivity contribution < 1.29 is 4.79 Å². The lowest BCUT2D eigenvalue weighted by atomic mass is 9.99. The standard InChI is InChI=1S/C18H21ClN2O/c1-12(13(2)20)18(22)21-11-15-5-3-4-6-17(15)14-7-9-16(19)10-8-14/h3-10,12-13H,11,20H2,1-2H3,(H,21,22). The SMILES string of the molecule is CC(N)C(C)C(=O)NCc1ccccc1-c1ccc(Cl)cc1. The van der Waals surface area contributed by atoms with Crippen LogP contribution in [0.1, 0.15) is 19.4 Å². The lowest BCUT2D eigenvalue weighted by Crippen LogP contribution is -2.38. The van der Waals surface area contributed by atoms with Crippen LogP contribution in [0.15, 0.2) is 48.5 Å². The fourth-order valence-electron chi connectivity index (χ4n) is 2.17. The second kappa shape index (κ2) is 7.43. The van der Waals surface area contributed by atoms with Crippen LogP contribution < -0.4 is 11.1 Å². The van der Waals surface area contributed by atoms with E-state index in [2.05, 4.69) is 5.32 Å². The molecule has 0 fully saturated rings. The van der Waals surface area contributed by atoms with Crippen molar-refractivity contribution in [1.82, 2.24) is 5.32 Å². The molecule has 0 saturated heterocycles. The lowest BCUT2D eigenvalue weighted by Gasteiger charge is -2.16. The molecule has 22 heavy (non-hydrogen) atoms. The van der Waals surface area contributed by atoms with Crippen LogP contribution in [-0.2, 0) is 11.3 Å². The molecule has 0 aromatic heterocycles. The Morgan fingerprint density at radius 1 is 1.14 bits per heavy atom. The molecule has 2 atom stereocenters. The normalized spacial score (nSPS) is 13.5. The maximum absolute atomic E-state index is 12.0. The Bertz CT molecular complexity index is 638. The largest absolute Gasteiger partial charge is 0.352 e. The molecular weight excluding hydrogens is 296 g/mol. The van der Waals surface area contributed by atoms with Gasteiger partial charge in [-0.2, -0.15) is 0 Å². The zero-order chi connectivity index (χ0) is 16.1. The van der Waals surface area contributed by atoms with Crippen LogP contribution in [0.5, 0.6) is 0 Å². The van der Waals surface area contributed by atoms with Gasteiger partial charge in [-0.05, 0) is 35.7 Å². The summed E-state index contributed by atoms with van der Waals surface area (Å²) in [5.41, 5.74) is 9.00. The molecule has 0 saturated carbocycles. The summed E-state index contributed by atoms with van der Waals surface area (Å²) >= 11 is 5.94. The highest BCUT2D eigenvalue weighted by Crippen LogP contribution is 2.25. The van der Waals surface area contributed by atoms with Crippen molar-refractivity contribution in [3.63, 3.8) is 0 Å². The number of carbonyl (C=O) groups is 1. The minimum absolute atomic E-state index is 0.0269. The maximum atomic E-state index is 12.0. The maximum Gasteiger partial charge on any atom is 0.224 e. The van der Waals surface area contributed by atoms with Crippen molar-refractivity contribution in [3.8, 4) is 11.1 Å². The monoisotopic (exact) mass is 316 g/mol. The molecule has 2 unspecified atom stereocenters. The Kier molecular flexibility index (Phi) is 5.58. The summed E-state index contributed by atoms with van der Waals surface area (Å²) in [5, 5.41) is 3.67. The average molecular weight is 317 g/mol. The zero-order valence-corrected chi connectivity index (χ0v) is 13.6.